The van der Waals surface area contributed by atoms with Crippen LogP contribution < -0.4 is 4.74 Å². The van der Waals surface area contributed by atoms with E-state index >= 15 is 0 Å². The Bertz CT molecular complexity index is 666. The molecule has 2 nitrogen and oxygen atoms in total. The van der Waals surface area contributed by atoms with E-state index < -0.39 is 0 Å². The molecule has 0 radical (unpaired) electrons. The fourth-order valence-electron chi connectivity index (χ4n) is 3.31. The molecular formula is C23H30BrNO. The van der Waals surface area contributed by atoms with Crippen molar-refractivity contribution in [2.24, 2.45) is 0 Å². The van der Waals surface area contributed by atoms with Crippen LogP contribution in [0.5, 0.6) is 5.75 Å². The van der Waals surface area contributed by atoms with Crippen LogP contribution in [0.25, 0.3) is 0 Å². The van der Waals surface area contributed by atoms with Crippen LogP contribution in [0.4, 0.5) is 0 Å². The van der Waals surface area contributed by atoms with Gasteiger partial charge < -0.3 is 9.64 Å². The summed E-state index contributed by atoms with van der Waals surface area (Å²) in [6.07, 6.45) is 8.74. The summed E-state index contributed by atoms with van der Waals surface area (Å²) in [4.78, 5) is 2.52. The van der Waals surface area contributed by atoms with Gasteiger partial charge in [0.25, 0.3) is 0 Å². The number of halogens is 1. The Balaban J connectivity index is 1.37. The summed E-state index contributed by atoms with van der Waals surface area (Å²) in [5.41, 5.74) is 2.57. The van der Waals surface area contributed by atoms with Gasteiger partial charge in [0.2, 0.25) is 0 Å². The van der Waals surface area contributed by atoms with E-state index in [9.17, 15) is 0 Å². The average Bonchev–Trinajstić information content (AvgIpc) is 3.49. The van der Waals surface area contributed by atoms with E-state index in [2.05, 4.69) is 76.4 Å². The largest absolute Gasteiger partial charge is 0.493 e. The Morgan fingerprint density at radius 3 is 2.46 bits per heavy atom. The summed E-state index contributed by atoms with van der Waals surface area (Å²) in [6.45, 7) is 2.07. The summed E-state index contributed by atoms with van der Waals surface area (Å²) < 4.78 is 7.21. The summed E-state index contributed by atoms with van der Waals surface area (Å²) in [7, 11) is 2.27. The predicted octanol–water partition coefficient (Wildman–Crippen LogP) is 6.07. The van der Waals surface area contributed by atoms with Crippen molar-refractivity contribution in [3.05, 3.63) is 64.1 Å². The van der Waals surface area contributed by atoms with Crippen LogP contribution in [-0.2, 0) is 6.42 Å². The molecule has 0 atom stereocenters. The molecule has 1 fully saturated rings. The molecule has 1 aliphatic carbocycles. The van der Waals surface area contributed by atoms with Gasteiger partial charge in [-0.25, -0.2) is 0 Å². The lowest BCUT2D eigenvalue weighted by atomic mass is 10.0. The highest BCUT2D eigenvalue weighted by Crippen LogP contribution is 2.25. The normalized spacial score (nSPS) is 14.0. The van der Waals surface area contributed by atoms with Crippen molar-refractivity contribution in [3.8, 4) is 5.75 Å². The molecule has 0 unspecified atom stereocenters. The molecule has 3 rings (SSSR count). The summed E-state index contributed by atoms with van der Waals surface area (Å²) in [5, 5.41) is 0. The maximum absolute atomic E-state index is 6.09. The second kappa shape index (κ2) is 10.1. The Morgan fingerprint density at radius 1 is 0.962 bits per heavy atom. The zero-order valence-electron chi connectivity index (χ0n) is 15.8. The molecule has 0 N–H and O–H groups in total. The molecule has 26 heavy (non-hydrogen) atoms. The molecular weight excluding hydrogens is 386 g/mol. The first-order valence-corrected chi connectivity index (χ1v) is 10.7. The summed E-state index contributed by atoms with van der Waals surface area (Å²) >= 11 is 3.50. The number of rotatable bonds is 11. The third-order valence-corrected chi connectivity index (χ3v) is 5.64. The monoisotopic (exact) mass is 415 g/mol. The minimum absolute atomic E-state index is 0.815. The van der Waals surface area contributed by atoms with E-state index in [1.807, 2.05) is 0 Å². The number of unbranched alkanes of at least 4 members (excludes halogenated alkanes) is 3. The first kappa shape index (κ1) is 19.4. The lowest BCUT2D eigenvalue weighted by molar-refractivity contribution is 0.292. The third kappa shape index (κ3) is 6.44. The van der Waals surface area contributed by atoms with Crippen LogP contribution >= 0.6 is 15.9 Å². The first-order valence-electron chi connectivity index (χ1n) is 9.88. The van der Waals surface area contributed by atoms with Crippen LogP contribution in [0, 0.1) is 0 Å². The van der Waals surface area contributed by atoms with Crippen molar-refractivity contribution < 1.29 is 4.74 Å². The Morgan fingerprint density at radius 2 is 1.69 bits per heavy atom. The van der Waals surface area contributed by atoms with Gasteiger partial charge in [0, 0.05) is 16.9 Å². The Labute approximate surface area is 166 Å². The van der Waals surface area contributed by atoms with Crippen LogP contribution in [0.15, 0.2) is 53.0 Å². The molecule has 1 saturated carbocycles. The first-order chi connectivity index (χ1) is 12.7. The minimum atomic E-state index is 0.815. The molecule has 0 bridgehead atoms. The SMILES string of the molecule is CN(CCCCCCOc1ccccc1Cc1ccc(Br)cc1)C1CC1. The fraction of sp³-hybridized carbons (Fsp3) is 0.478. The highest BCUT2D eigenvalue weighted by Gasteiger charge is 2.25. The second-order valence-electron chi connectivity index (χ2n) is 7.39. The number of hydrogen-bond donors (Lipinski definition) is 0. The Hall–Kier alpha value is -1.32. The van der Waals surface area contributed by atoms with Crippen LogP contribution in [-0.4, -0.2) is 31.1 Å². The van der Waals surface area contributed by atoms with Crippen molar-refractivity contribution in [1.29, 1.82) is 0 Å². The van der Waals surface area contributed by atoms with Gasteiger partial charge in [0.05, 0.1) is 6.61 Å². The van der Waals surface area contributed by atoms with Gasteiger partial charge in [0.1, 0.15) is 5.75 Å². The van der Waals surface area contributed by atoms with Gasteiger partial charge in [-0.2, -0.15) is 0 Å². The molecule has 0 heterocycles. The lowest BCUT2D eigenvalue weighted by Crippen LogP contribution is -2.21. The lowest BCUT2D eigenvalue weighted by Gasteiger charge is -2.15. The maximum atomic E-state index is 6.09. The molecule has 1 aliphatic rings. The van der Waals surface area contributed by atoms with E-state index in [-0.39, 0.29) is 0 Å². The molecule has 3 heteroatoms. The van der Waals surface area contributed by atoms with Crippen molar-refractivity contribution in [1.82, 2.24) is 4.90 Å². The molecule has 0 aliphatic heterocycles. The van der Waals surface area contributed by atoms with Crippen molar-refractivity contribution in [3.63, 3.8) is 0 Å². The summed E-state index contributed by atoms with van der Waals surface area (Å²) in [5.74, 6) is 1.03. The number of para-hydroxylation sites is 1. The highest BCUT2D eigenvalue weighted by molar-refractivity contribution is 9.10. The van der Waals surface area contributed by atoms with E-state index in [0.717, 1.165) is 35.7 Å². The van der Waals surface area contributed by atoms with Gasteiger partial charge in [-0.1, -0.05) is 59.1 Å². The zero-order chi connectivity index (χ0) is 18.2. The van der Waals surface area contributed by atoms with Gasteiger partial charge >= 0.3 is 0 Å². The highest BCUT2D eigenvalue weighted by atomic mass is 79.9. The van der Waals surface area contributed by atoms with Crippen molar-refractivity contribution in [2.45, 2.75) is 51.0 Å². The number of nitrogens with zero attached hydrogens (tertiary/aromatic N) is 1. The van der Waals surface area contributed by atoms with Gasteiger partial charge in [-0.15, -0.1) is 0 Å². The van der Waals surface area contributed by atoms with E-state index in [0.29, 0.717) is 0 Å². The quantitative estimate of drug-likeness (QED) is 0.412. The van der Waals surface area contributed by atoms with E-state index in [1.54, 1.807) is 0 Å². The van der Waals surface area contributed by atoms with E-state index in [4.69, 9.17) is 4.74 Å². The van der Waals surface area contributed by atoms with Gasteiger partial charge in [-0.3, -0.25) is 0 Å². The standard InChI is InChI=1S/C23H30BrNO/c1-25(22-14-15-22)16-6-2-3-7-17-26-23-9-5-4-8-20(23)18-19-10-12-21(24)13-11-19/h4-5,8-13,22H,2-3,6-7,14-18H2,1H3. The third-order valence-electron chi connectivity index (χ3n) is 5.11. The summed E-state index contributed by atoms with van der Waals surface area (Å²) in [6, 6.07) is 17.8. The maximum Gasteiger partial charge on any atom is 0.122 e. The number of hydrogen-bond acceptors (Lipinski definition) is 2. The number of ether oxygens (including phenoxy) is 1. The molecule has 0 aromatic heterocycles. The van der Waals surface area contributed by atoms with Crippen molar-refractivity contribution in [2.75, 3.05) is 20.2 Å². The molecule has 0 spiro atoms. The van der Waals surface area contributed by atoms with Crippen LogP contribution in [0.3, 0.4) is 0 Å². The van der Waals surface area contributed by atoms with Gasteiger partial charge in [-0.05, 0) is 68.6 Å². The van der Waals surface area contributed by atoms with Crippen LogP contribution in [0.2, 0.25) is 0 Å². The zero-order valence-corrected chi connectivity index (χ0v) is 17.4. The Kier molecular flexibility index (Phi) is 7.57. The predicted molar refractivity (Wildman–Crippen MR) is 113 cm³/mol. The fourth-order valence-corrected chi connectivity index (χ4v) is 3.57. The average molecular weight is 416 g/mol. The minimum Gasteiger partial charge on any atom is -0.493 e. The smallest absolute Gasteiger partial charge is 0.122 e. The van der Waals surface area contributed by atoms with Gasteiger partial charge in [0.15, 0.2) is 0 Å². The molecule has 140 valence electrons. The molecule has 2 aromatic rings. The van der Waals surface area contributed by atoms with Crippen molar-refractivity contribution >= 4 is 15.9 Å². The molecule has 0 saturated heterocycles. The number of benzene rings is 2. The molecule has 2 aromatic carbocycles. The topological polar surface area (TPSA) is 12.5 Å². The van der Waals surface area contributed by atoms with E-state index in [1.165, 1.54) is 49.8 Å². The van der Waals surface area contributed by atoms with Crippen LogP contribution in [0.1, 0.15) is 49.7 Å². The molecule has 0 amide bonds. The second-order valence-corrected chi connectivity index (χ2v) is 8.30.